The Morgan fingerprint density at radius 1 is 1.10 bits per heavy atom. The van der Waals surface area contributed by atoms with Gasteiger partial charge in [-0.05, 0) is 62.3 Å². The molecule has 3 aromatic heterocycles. The molecule has 5 rings (SSSR count). The molecule has 4 heterocycles. The second-order valence-corrected chi connectivity index (χ2v) is 9.25. The Balaban J connectivity index is 1.29. The van der Waals surface area contributed by atoms with Gasteiger partial charge in [0, 0.05) is 6.54 Å². The topological polar surface area (TPSA) is 58.4 Å². The normalized spacial score (nSPS) is 15.7. The molecule has 1 N–H and O–H groups in total. The van der Waals surface area contributed by atoms with Crippen molar-refractivity contribution in [2.45, 2.75) is 18.9 Å². The van der Waals surface area contributed by atoms with Crippen LogP contribution in [0, 0.1) is 0 Å². The van der Waals surface area contributed by atoms with E-state index in [1.165, 1.54) is 24.2 Å². The number of amides is 1. The second kappa shape index (κ2) is 8.10. The van der Waals surface area contributed by atoms with E-state index in [0.717, 1.165) is 39.0 Å². The quantitative estimate of drug-likeness (QED) is 0.464. The van der Waals surface area contributed by atoms with Crippen LogP contribution >= 0.6 is 22.7 Å². The van der Waals surface area contributed by atoms with E-state index in [0.29, 0.717) is 11.4 Å². The third-order valence-electron chi connectivity index (χ3n) is 5.24. The van der Waals surface area contributed by atoms with Crippen LogP contribution in [0.1, 0.15) is 34.3 Å². The van der Waals surface area contributed by atoms with E-state index in [-0.39, 0.29) is 11.9 Å². The molecule has 1 aliphatic rings. The van der Waals surface area contributed by atoms with Gasteiger partial charge in [0.2, 0.25) is 0 Å². The zero-order chi connectivity index (χ0) is 19.6. The molecule has 1 fully saturated rings. The molecule has 0 bridgehead atoms. The first kappa shape index (κ1) is 18.5. The number of hydrogen-bond donors (Lipinski definition) is 1. The van der Waals surface area contributed by atoms with Gasteiger partial charge in [0.1, 0.15) is 10.8 Å². The summed E-state index contributed by atoms with van der Waals surface area (Å²) >= 11 is 3.15. The van der Waals surface area contributed by atoms with Crippen LogP contribution in [0.15, 0.2) is 59.2 Å². The molecule has 0 aliphatic carbocycles. The number of nitrogens with one attached hydrogen (secondary N) is 1. The second-order valence-electron chi connectivity index (χ2n) is 7.13. The van der Waals surface area contributed by atoms with Crippen LogP contribution < -0.4 is 5.32 Å². The van der Waals surface area contributed by atoms with Crippen molar-refractivity contribution in [2.75, 3.05) is 19.6 Å². The van der Waals surface area contributed by atoms with Crippen LogP contribution in [-0.2, 0) is 0 Å². The summed E-state index contributed by atoms with van der Waals surface area (Å²) in [5.41, 5.74) is 0.999. The highest BCUT2D eigenvalue weighted by molar-refractivity contribution is 7.26. The smallest absolute Gasteiger partial charge is 0.261 e. The fourth-order valence-electron chi connectivity index (χ4n) is 3.77. The summed E-state index contributed by atoms with van der Waals surface area (Å²) in [6.07, 6.45) is 4.09. The standard InChI is InChI=1S/C22H21N3O2S2/c26-21(23-14-16(17-7-5-13-27-17)25-11-3-4-12-25)19-9-10-20(28-19)22-24-15-6-1-2-8-18(15)29-22/h1-2,5-10,13,16H,3-4,11-12,14H2,(H,23,26)/t16-/m1/s1. The highest BCUT2D eigenvalue weighted by atomic mass is 32.1. The summed E-state index contributed by atoms with van der Waals surface area (Å²) in [7, 11) is 0. The minimum absolute atomic E-state index is 0.0434. The number of carbonyl (C=O) groups is 1. The van der Waals surface area contributed by atoms with Gasteiger partial charge in [-0.15, -0.1) is 22.7 Å². The average Bonchev–Trinajstić information content (AvgIpc) is 3.55. The monoisotopic (exact) mass is 423 g/mol. The lowest BCUT2D eigenvalue weighted by Gasteiger charge is -2.25. The van der Waals surface area contributed by atoms with Crippen LogP contribution in [0.4, 0.5) is 0 Å². The first-order chi connectivity index (χ1) is 14.3. The van der Waals surface area contributed by atoms with Crippen molar-refractivity contribution in [1.29, 1.82) is 0 Å². The molecule has 0 saturated carbocycles. The molecule has 1 aromatic carbocycles. The number of thiazole rings is 1. The van der Waals surface area contributed by atoms with Crippen LogP contribution in [0.5, 0.6) is 0 Å². The Kier molecular flexibility index (Phi) is 5.18. The molecule has 1 amide bonds. The van der Waals surface area contributed by atoms with Crippen molar-refractivity contribution in [3.05, 3.63) is 65.4 Å². The van der Waals surface area contributed by atoms with E-state index < -0.39 is 0 Å². The van der Waals surface area contributed by atoms with Gasteiger partial charge in [-0.1, -0.05) is 12.1 Å². The number of carbonyl (C=O) groups excluding carboxylic acids is 1. The molecular weight excluding hydrogens is 402 g/mol. The van der Waals surface area contributed by atoms with Gasteiger partial charge in [-0.25, -0.2) is 4.98 Å². The van der Waals surface area contributed by atoms with Crippen LogP contribution in [-0.4, -0.2) is 35.4 Å². The third kappa shape index (κ3) is 3.85. The van der Waals surface area contributed by atoms with E-state index in [4.69, 9.17) is 9.40 Å². The maximum atomic E-state index is 12.8. The summed E-state index contributed by atoms with van der Waals surface area (Å²) < 4.78 is 6.80. The number of furan rings is 1. The molecule has 29 heavy (non-hydrogen) atoms. The SMILES string of the molecule is O=C(NC[C@H](c1ccco1)N1CCCC1)c1ccc(-c2nc3ccccc3s2)s1. The summed E-state index contributed by atoms with van der Waals surface area (Å²) in [6, 6.07) is 16.0. The van der Waals surface area contributed by atoms with E-state index >= 15 is 0 Å². The fraction of sp³-hybridized carbons (Fsp3) is 0.273. The molecule has 4 aromatic rings. The van der Waals surface area contributed by atoms with Gasteiger partial charge in [-0.3, -0.25) is 9.69 Å². The summed E-state index contributed by atoms with van der Waals surface area (Å²) in [5.74, 6) is 0.867. The molecule has 1 aliphatic heterocycles. The molecule has 0 spiro atoms. The van der Waals surface area contributed by atoms with Gasteiger partial charge in [0.25, 0.3) is 5.91 Å². The van der Waals surface area contributed by atoms with Gasteiger partial charge in [0.15, 0.2) is 0 Å². The Morgan fingerprint density at radius 3 is 2.76 bits per heavy atom. The number of thiophene rings is 1. The van der Waals surface area contributed by atoms with Crippen molar-refractivity contribution in [1.82, 2.24) is 15.2 Å². The van der Waals surface area contributed by atoms with Gasteiger partial charge in [-0.2, -0.15) is 0 Å². The molecule has 0 radical (unpaired) electrons. The first-order valence-electron chi connectivity index (χ1n) is 9.79. The Bertz CT molecular complexity index is 1080. The number of nitrogens with zero attached hydrogens (tertiary/aromatic N) is 2. The zero-order valence-electron chi connectivity index (χ0n) is 15.8. The number of fused-ring (bicyclic) bond motifs is 1. The number of para-hydroxylation sites is 1. The van der Waals surface area contributed by atoms with Crippen LogP contribution in [0.3, 0.4) is 0 Å². The molecule has 7 heteroatoms. The molecule has 0 unspecified atom stereocenters. The molecule has 148 valence electrons. The Hall–Kier alpha value is -2.48. The first-order valence-corrected chi connectivity index (χ1v) is 11.4. The molecule has 5 nitrogen and oxygen atoms in total. The van der Waals surface area contributed by atoms with Crippen molar-refractivity contribution in [3.8, 4) is 9.88 Å². The minimum atomic E-state index is -0.0434. The van der Waals surface area contributed by atoms with Crippen LogP contribution in [0.2, 0.25) is 0 Å². The van der Waals surface area contributed by atoms with Gasteiger partial charge < -0.3 is 9.73 Å². The van der Waals surface area contributed by atoms with E-state index in [2.05, 4.69) is 16.3 Å². The summed E-state index contributed by atoms with van der Waals surface area (Å²) in [5, 5.41) is 4.07. The predicted octanol–water partition coefficient (Wildman–Crippen LogP) is 5.18. The highest BCUT2D eigenvalue weighted by Gasteiger charge is 2.26. The maximum absolute atomic E-state index is 12.8. The molecule has 1 atom stereocenters. The lowest BCUT2D eigenvalue weighted by Crippen LogP contribution is -2.36. The Labute approximate surface area is 177 Å². The number of likely N-dealkylation sites (tertiary alicyclic amines) is 1. The summed E-state index contributed by atoms with van der Waals surface area (Å²) in [4.78, 5) is 21.6. The maximum Gasteiger partial charge on any atom is 0.261 e. The fourth-order valence-corrected chi connectivity index (χ4v) is 5.72. The van der Waals surface area contributed by atoms with Gasteiger partial charge >= 0.3 is 0 Å². The van der Waals surface area contributed by atoms with Crippen molar-refractivity contribution in [3.63, 3.8) is 0 Å². The van der Waals surface area contributed by atoms with E-state index in [1.54, 1.807) is 17.6 Å². The van der Waals surface area contributed by atoms with Crippen molar-refractivity contribution < 1.29 is 9.21 Å². The summed E-state index contributed by atoms with van der Waals surface area (Å²) in [6.45, 7) is 2.63. The highest BCUT2D eigenvalue weighted by Crippen LogP contribution is 2.34. The lowest BCUT2D eigenvalue weighted by molar-refractivity contribution is 0.0938. The third-order valence-corrected chi connectivity index (χ3v) is 7.53. The minimum Gasteiger partial charge on any atom is -0.468 e. The number of hydrogen-bond acceptors (Lipinski definition) is 6. The van der Waals surface area contributed by atoms with E-state index in [1.807, 2.05) is 42.5 Å². The predicted molar refractivity (Wildman–Crippen MR) is 118 cm³/mol. The average molecular weight is 424 g/mol. The van der Waals surface area contributed by atoms with E-state index in [9.17, 15) is 4.79 Å². The molecular formula is C22H21N3O2S2. The number of rotatable bonds is 6. The molecule has 1 saturated heterocycles. The number of benzene rings is 1. The van der Waals surface area contributed by atoms with Crippen LogP contribution in [0.25, 0.3) is 20.1 Å². The van der Waals surface area contributed by atoms with Crippen molar-refractivity contribution >= 4 is 38.8 Å². The zero-order valence-corrected chi connectivity index (χ0v) is 17.5. The lowest BCUT2D eigenvalue weighted by atomic mass is 10.2. The van der Waals surface area contributed by atoms with Crippen molar-refractivity contribution in [2.24, 2.45) is 0 Å². The largest absolute Gasteiger partial charge is 0.468 e. The van der Waals surface area contributed by atoms with Gasteiger partial charge in [0.05, 0.1) is 32.3 Å². The Morgan fingerprint density at radius 2 is 1.97 bits per heavy atom. The number of aromatic nitrogens is 1.